The van der Waals surface area contributed by atoms with Crippen molar-refractivity contribution in [1.29, 1.82) is 0 Å². The topological polar surface area (TPSA) is 3.24 Å². The molecule has 0 fully saturated rings. The number of hydrogen-bond acceptors (Lipinski definition) is 1. The molecule has 0 atom stereocenters. The van der Waals surface area contributed by atoms with Crippen molar-refractivity contribution in [2.75, 3.05) is 4.90 Å². The number of fused-ring (bicyclic) bond motifs is 1. The van der Waals surface area contributed by atoms with Gasteiger partial charge in [-0.05, 0) is 76.2 Å². The molecule has 0 unspecified atom stereocenters. The summed E-state index contributed by atoms with van der Waals surface area (Å²) in [7, 11) is 0. The van der Waals surface area contributed by atoms with E-state index >= 15 is 0 Å². The van der Waals surface area contributed by atoms with E-state index in [0.717, 1.165) is 38.8 Å². The molecule has 0 aliphatic carbocycles. The van der Waals surface area contributed by atoms with Crippen molar-refractivity contribution >= 4 is 39.4 Å². The van der Waals surface area contributed by atoms with Crippen molar-refractivity contribution in [2.45, 2.75) is 0 Å². The van der Waals surface area contributed by atoms with Crippen LogP contribution >= 0.6 is 11.6 Å². The van der Waals surface area contributed by atoms with Crippen LogP contribution in [0, 0.1) is 0 Å². The largest absolute Gasteiger partial charge is 0.310 e. The average Bonchev–Trinajstić information content (AvgIpc) is 2.94. The monoisotopic (exact) mass is 481 g/mol. The molecule has 0 bridgehead atoms. The molecule has 0 aliphatic rings. The van der Waals surface area contributed by atoms with Crippen molar-refractivity contribution in [3.8, 4) is 22.3 Å². The highest BCUT2D eigenvalue weighted by atomic mass is 35.5. The summed E-state index contributed by atoms with van der Waals surface area (Å²) >= 11 is 6.26. The van der Waals surface area contributed by atoms with Crippen molar-refractivity contribution in [2.24, 2.45) is 0 Å². The lowest BCUT2D eigenvalue weighted by atomic mass is 9.98. The molecule has 172 valence electrons. The van der Waals surface area contributed by atoms with Gasteiger partial charge in [-0.15, -0.1) is 0 Å². The number of halogens is 1. The second-order valence-electron chi connectivity index (χ2n) is 8.81. The Hall–Kier alpha value is -4.33. The molecule has 6 aromatic carbocycles. The van der Waals surface area contributed by atoms with Crippen LogP contribution in [0.3, 0.4) is 0 Å². The Bertz CT molecular complexity index is 1650. The Morgan fingerprint density at radius 1 is 0.417 bits per heavy atom. The van der Waals surface area contributed by atoms with E-state index in [4.69, 9.17) is 11.6 Å². The number of para-hydroxylation sites is 1. The zero-order valence-electron chi connectivity index (χ0n) is 19.7. The first-order valence-corrected chi connectivity index (χ1v) is 12.4. The maximum Gasteiger partial charge on any atom is 0.0540 e. The molecule has 6 aromatic rings. The molecule has 0 spiro atoms. The Morgan fingerprint density at radius 2 is 0.972 bits per heavy atom. The third-order valence-electron chi connectivity index (χ3n) is 6.48. The number of benzene rings is 6. The molecule has 2 heteroatoms. The molecule has 36 heavy (non-hydrogen) atoms. The Kier molecular flexibility index (Phi) is 5.99. The third kappa shape index (κ3) is 4.37. The molecule has 0 N–H and O–H groups in total. The fraction of sp³-hybridized carbons (Fsp3) is 0. The third-order valence-corrected chi connectivity index (χ3v) is 6.72. The molecule has 0 radical (unpaired) electrons. The Labute approximate surface area is 216 Å². The lowest BCUT2D eigenvalue weighted by molar-refractivity contribution is 1.30. The van der Waals surface area contributed by atoms with Crippen LogP contribution in [-0.4, -0.2) is 0 Å². The normalized spacial score (nSPS) is 10.9. The van der Waals surface area contributed by atoms with Gasteiger partial charge in [-0.2, -0.15) is 0 Å². The predicted octanol–water partition coefficient (Wildman–Crippen LogP) is 10.3. The fourth-order valence-electron chi connectivity index (χ4n) is 4.78. The summed E-state index contributed by atoms with van der Waals surface area (Å²) in [6.07, 6.45) is 0. The maximum atomic E-state index is 6.26. The van der Waals surface area contributed by atoms with Crippen molar-refractivity contribution in [3.63, 3.8) is 0 Å². The van der Waals surface area contributed by atoms with E-state index in [9.17, 15) is 0 Å². The molecule has 0 saturated heterocycles. The van der Waals surface area contributed by atoms with Gasteiger partial charge in [0, 0.05) is 21.8 Å². The number of nitrogens with zero attached hydrogens (tertiary/aromatic N) is 1. The zero-order valence-corrected chi connectivity index (χ0v) is 20.4. The Balaban J connectivity index is 1.48. The van der Waals surface area contributed by atoms with Crippen molar-refractivity contribution in [1.82, 2.24) is 0 Å². The highest BCUT2D eigenvalue weighted by Gasteiger charge is 2.15. The summed E-state index contributed by atoms with van der Waals surface area (Å²) in [5.41, 5.74) is 7.99. The van der Waals surface area contributed by atoms with Gasteiger partial charge in [0.15, 0.2) is 0 Å². The van der Waals surface area contributed by atoms with E-state index in [2.05, 4.69) is 132 Å². The smallest absolute Gasteiger partial charge is 0.0540 e. The predicted molar refractivity (Wildman–Crippen MR) is 155 cm³/mol. The van der Waals surface area contributed by atoms with Gasteiger partial charge in [0.05, 0.1) is 5.69 Å². The van der Waals surface area contributed by atoms with Crippen LogP contribution < -0.4 is 4.90 Å². The molecule has 0 amide bonds. The minimum absolute atomic E-state index is 0.744. The maximum absolute atomic E-state index is 6.26. The van der Waals surface area contributed by atoms with E-state index in [1.165, 1.54) is 16.3 Å². The summed E-state index contributed by atoms with van der Waals surface area (Å²) in [4.78, 5) is 2.34. The first-order chi connectivity index (χ1) is 17.8. The van der Waals surface area contributed by atoms with Crippen LogP contribution in [0.2, 0.25) is 5.02 Å². The van der Waals surface area contributed by atoms with Gasteiger partial charge >= 0.3 is 0 Å². The molecule has 0 saturated carbocycles. The Morgan fingerprint density at radius 3 is 1.75 bits per heavy atom. The fourth-order valence-corrected chi connectivity index (χ4v) is 4.97. The summed E-state index contributed by atoms with van der Waals surface area (Å²) in [5.74, 6) is 0. The van der Waals surface area contributed by atoms with Gasteiger partial charge in [-0.1, -0.05) is 109 Å². The van der Waals surface area contributed by atoms with E-state index in [1.807, 2.05) is 18.2 Å². The molecule has 0 aromatic heterocycles. The average molecular weight is 482 g/mol. The number of hydrogen-bond donors (Lipinski definition) is 0. The van der Waals surface area contributed by atoms with Gasteiger partial charge < -0.3 is 4.90 Å². The van der Waals surface area contributed by atoms with Crippen LogP contribution in [0.5, 0.6) is 0 Å². The molecular formula is C34H24ClN. The first kappa shape index (κ1) is 22.2. The van der Waals surface area contributed by atoms with Crippen LogP contribution in [0.15, 0.2) is 146 Å². The quantitative estimate of drug-likeness (QED) is 0.236. The standard InChI is InChI=1S/C34H24ClN/c35-30-16-7-14-28(23-30)26-12-6-13-27(22-26)29-15-8-19-32(24-29)36(31-17-2-1-3-18-31)34-21-9-11-25-10-4-5-20-33(25)34/h1-24H. The highest BCUT2D eigenvalue weighted by molar-refractivity contribution is 6.30. The van der Waals surface area contributed by atoms with E-state index < -0.39 is 0 Å². The second kappa shape index (κ2) is 9.73. The SMILES string of the molecule is Clc1cccc(-c2cccc(-c3cccc(N(c4ccccc4)c4cccc5ccccc45)c3)c2)c1. The lowest BCUT2D eigenvalue weighted by Gasteiger charge is -2.27. The molecule has 1 nitrogen and oxygen atoms in total. The zero-order chi connectivity index (χ0) is 24.3. The van der Waals surface area contributed by atoms with E-state index in [0.29, 0.717) is 0 Å². The van der Waals surface area contributed by atoms with Crippen LogP contribution in [-0.2, 0) is 0 Å². The van der Waals surface area contributed by atoms with Gasteiger partial charge in [0.2, 0.25) is 0 Å². The van der Waals surface area contributed by atoms with Crippen molar-refractivity contribution < 1.29 is 0 Å². The van der Waals surface area contributed by atoms with E-state index in [-0.39, 0.29) is 0 Å². The van der Waals surface area contributed by atoms with Crippen LogP contribution in [0.1, 0.15) is 0 Å². The molecule has 0 heterocycles. The van der Waals surface area contributed by atoms with Gasteiger partial charge in [0.1, 0.15) is 0 Å². The first-order valence-electron chi connectivity index (χ1n) is 12.1. The lowest BCUT2D eigenvalue weighted by Crippen LogP contribution is -2.10. The number of anilines is 3. The molecular weight excluding hydrogens is 458 g/mol. The van der Waals surface area contributed by atoms with Gasteiger partial charge in [-0.25, -0.2) is 0 Å². The van der Waals surface area contributed by atoms with Gasteiger partial charge in [-0.3, -0.25) is 0 Å². The number of rotatable bonds is 5. The van der Waals surface area contributed by atoms with Crippen LogP contribution in [0.25, 0.3) is 33.0 Å². The second-order valence-corrected chi connectivity index (χ2v) is 9.25. The summed E-state index contributed by atoms with van der Waals surface area (Å²) in [5, 5.41) is 3.19. The van der Waals surface area contributed by atoms with Crippen molar-refractivity contribution in [3.05, 3.63) is 151 Å². The minimum atomic E-state index is 0.744. The van der Waals surface area contributed by atoms with Gasteiger partial charge in [0.25, 0.3) is 0 Å². The molecule has 6 rings (SSSR count). The summed E-state index contributed by atoms with van der Waals surface area (Å²) in [6.45, 7) is 0. The van der Waals surface area contributed by atoms with E-state index in [1.54, 1.807) is 0 Å². The minimum Gasteiger partial charge on any atom is -0.310 e. The van der Waals surface area contributed by atoms with Crippen LogP contribution in [0.4, 0.5) is 17.1 Å². The highest BCUT2D eigenvalue weighted by Crippen LogP contribution is 2.40. The molecule has 0 aliphatic heterocycles. The summed E-state index contributed by atoms with van der Waals surface area (Å²) < 4.78 is 0. The summed E-state index contributed by atoms with van der Waals surface area (Å²) in [6, 6.07) is 51.0.